The van der Waals surface area contributed by atoms with Crippen molar-refractivity contribution in [2.24, 2.45) is 0 Å². The van der Waals surface area contributed by atoms with Crippen molar-refractivity contribution in [1.29, 1.82) is 10.5 Å². The fourth-order valence-corrected chi connectivity index (χ4v) is 7.63. The number of fused-ring (bicyclic) bond motifs is 2. The molecule has 2 aromatic heterocycles. The summed E-state index contributed by atoms with van der Waals surface area (Å²) < 4.78 is 2.57. The zero-order chi connectivity index (χ0) is 27.1. The van der Waals surface area contributed by atoms with E-state index < -0.39 is 0 Å². The monoisotopic (exact) mass is 544 g/mol. The van der Waals surface area contributed by atoms with E-state index in [0.717, 1.165) is 16.7 Å². The van der Waals surface area contributed by atoms with Gasteiger partial charge in [0.2, 0.25) is 0 Å². The van der Waals surface area contributed by atoms with E-state index in [1.807, 2.05) is 29.5 Å². The Kier molecular flexibility index (Phi) is 5.99. The molecule has 0 saturated heterocycles. The Labute approximate surface area is 240 Å². The van der Waals surface area contributed by atoms with Crippen LogP contribution in [-0.4, -0.2) is 0 Å². The second-order valence-corrected chi connectivity index (χ2v) is 11.6. The molecule has 7 aromatic rings. The maximum Gasteiger partial charge on any atom is 0.0992 e. The molecule has 0 radical (unpaired) electrons. The summed E-state index contributed by atoms with van der Waals surface area (Å²) in [6.45, 7) is 0. The number of hydrogen-bond donors (Lipinski definition) is 0. The van der Waals surface area contributed by atoms with E-state index in [9.17, 15) is 10.5 Å². The van der Waals surface area contributed by atoms with Crippen LogP contribution in [0.2, 0.25) is 0 Å². The molecule has 0 amide bonds. The largest absolute Gasteiger partial charge is 0.192 e. The number of nitriles is 2. The highest BCUT2D eigenvalue weighted by molar-refractivity contribution is 7.23. The van der Waals surface area contributed by atoms with Gasteiger partial charge in [-0.1, -0.05) is 78.9 Å². The molecule has 0 N–H and O–H groups in total. The summed E-state index contributed by atoms with van der Waals surface area (Å²) in [5.74, 6) is 0. The highest BCUT2D eigenvalue weighted by Crippen LogP contribution is 2.50. The van der Waals surface area contributed by atoms with E-state index in [2.05, 4.69) is 109 Å². The van der Waals surface area contributed by atoms with E-state index in [-0.39, 0.29) is 0 Å². The average Bonchev–Trinajstić information content (AvgIpc) is 3.68. The van der Waals surface area contributed by atoms with Crippen LogP contribution >= 0.6 is 22.7 Å². The summed E-state index contributed by atoms with van der Waals surface area (Å²) in [6, 6.07) is 44.0. The van der Waals surface area contributed by atoms with Crippen LogP contribution in [-0.2, 0) is 0 Å². The lowest BCUT2D eigenvalue weighted by molar-refractivity contribution is 1.44. The van der Waals surface area contributed by atoms with Crippen LogP contribution in [0.25, 0.3) is 64.0 Å². The van der Waals surface area contributed by atoms with Crippen LogP contribution in [0.4, 0.5) is 0 Å². The maximum absolute atomic E-state index is 9.49. The van der Waals surface area contributed by atoms with Gasteiger partial charge in [0, 0.05) is 36.2 Å². The van der Waals surface area contributed by atoms with Gasteiger partial charge in [0.25, 0.3) is 0 Å². The van der Waals surface area contributed by atoms with Gasteiger partial charge in [0.15, 0.2) is 0 Å². The van der Waals surface area contributed by atoms with Gasteiger partial charge < -0.3 is 0 Å². The minimum absolute atomic E-state index is 0.487. The van der Waals surface area contributed by atoms with Crippen molar-refractivity contribution in [1.82, 2.24) is 0 Å². The van der Waals surface area contributed by atoms with Crippen LogP contribution in [0.3, 0.4) is 0 Å². The van der Waals surface area contributed by atoms with Gasteiger partial charge in [0.1, 0.15) is 0 Å². The predicted octanol–water partition coefficient (Wildman–Crippen LogP) is 10.5. The van der Waals surface area contributed by atoms with Crippen molar-refractivity contribution >= 4 is 42.8 Å². The Balaban J connectivity index is 1.49. The zero-order valence-electron chi connectivity index (χ0n) is 21.3. The highest BCUT2D eigenvalue weighted by Gasteiger charge is 2.20. The van der Waals surface area contributed by atoms with Gasteiger partial charge in [-0.15, -0.1) is 22.7 Å². The van der Waals surface area contributed by atoms with Gasteiger partial charge >= 0.3 is 0 Å². The third-order valence-corrected chi connectivity index (χ3v) is 9.32. The Morgan fingerprint density at radius 1 is 0.475 bits per heavy atom. The fourth-order valence-electron chi connectivity index (χ4n) is 5.41. The Morgan fingerprint density at radius 3 is 1.73 bits per heavy atom. The molecule has 40 heavy (non-hydrogen) atoms. The SMILES string of the molecule is N#Cc1cc(C#N)cc(-c2cccc(-c3cc4c(-c5ccccc5)c5sccc5c(-c5ccccc5)c4s3)c2)c1. The molecule has 0 fully saturated rings. The molecular formula is C36H20N2S2. The molecule has 7 rings (SSSR count). The fraction of sp³-hybridized carbons (Fsp3) is 0. The lowest BCUT2D eigenvalue weighted by Gasteiger charge is -2.12. The summed E-state index contributed by atoms with van der Waals surface area (Å²) in [5, 5.41) is 23.7. The minimum Gasteiger partial charge on any atom is -0.192 e. The lowest BCUT2D eigenvalue weighted by atomic mass is 9.93. The number of nitrogens with zero attached hydrogens (tertiary/aromatic N) is 2. The molecule has 5 aromatic carbocycles. The van der Waals surface area contributed by atoms with Crippen molar-refractivity contribution in [3.8, 4) is 56.0 Å². The normalized spacial score (nSPS) is 10.9. The van der Waals surface area contributed by atoms with Crippen LogP contribution in [0, 0.1) is 22.7 Å². The molecular weight excluding hydrogens is 525 g/mol. The first-order valence-electron chi connectivity index (χ1n) is 12.9. The Morgan fingerprint density at radius 2 is 1.07 bits per heavy atom. The molecule has 0 atom stereocenters. The molecule has 4 heteroatoms. The smallest absolute Gasteiger partial charge is 0.0992 e. The van der Waals surface area contributed by atoms with Crippen molar-refractivity contribution in [3.63, 3.8) is 0 Å². The molecule has 0 spiro atoms. The van der Waals surface area contributed by atoms with Crippen molar-refractivity contribution < 1.29 is 0 Å². The molecule has 0 aliphatic heterocycles. The summed E-state index contributed by atoms with van der Waals surface area (Å²) in [6.07, 6.45) is 0. The van der Waals surface area contributed by atoms with Gasteiger partial charge in [-0.2, -0.15) is 10.5 Å². The van der Waals surface area contributed by atoms with Crippen molar-refractivity contribution in [2.45, 2.75) is 0 Å². The Hall–Kier alpha value is -5.00. The zero-order valence-corrected chi connectivity index (χ0v) is 22.9. The summed E-state index contributed by atoms with van der Waals surface area (Å²) >= 11 is 3.61. The molecule has 2 nitrogen and oxygen atoms in total. The number of rotatable bonds is 4. The molecule has 0 saturated carbocycles. The van der Waals surface area contributed by atoms with Gasteiger partial charge in [-0.05, 0) is 69.6 Å². The lowest BCUT2D eigenvalue weighted by Crippen LogP contribution is -1.85. The number of thiophene rings is 2. The van der Waals surface area contributed by atoms with E-state index in [4.69, 9.17) is 0 Å². The van der Waals surface area contributed by atoms with Crippen molar-refractivity contribution in [3.05, 3.63) is 132 Å². The second kappa shape index (κ2) is 9.95. The highest BCUT2D eigenvalue weighted by atomic mass is 32.1. The summed E-state index contributed by atoms with van der Waals surface area (Å²) in [4.78, 5) is 1.18. The van der Waals surface area contributed by atoms with E-state index >= 15 is 0 Å². The third-order valence-electron chi connectivity index (χ3n) is 7.19. The minimum atomic E-state index is 0.487. The van der Waals surface area contributed by atoms with Crippen LogP contribution in [0.1, 0.15) is 11.1 Å². The van der Waals surface area contributed by atoms with Crippen LogP contribution in [0.15, 0.2) is 121 Å². The molecule has 0 unspecified atom stereocenters. The molecule has 0 bridgehead atoms. The van der Waals surface area contributed by atoms with Crippen LogP contribution in [0.5, 0.6) is 0 Å². The number of hydrogen-bond acceptors (Lipinski definition) is 4. The standard InChI is InChI=1S/C36H20N2S2/c37-21-23-16-24(22-38)18-29(17-23)27-12-7-13-28(19-27)32-20-31-34(26-10-5-2-6-11-26)35-30(14-15-39-35)33(36(31)40-32)25-8-3-1-4-9-25/h1-20H. The maximum atomic E-state index is 9.49. The molecule has 0 aliphatic rings. The third kappa shape index (κ3) is 4.08. The number of benzene rings is 5. The van der Waals surface area contributed by atoms with Gasteiger partial charge in [-0.3, -0.25) is 0 Å². The first-order valence-corrected chi connectivity index (χ1v) is 14.6. The first-order chi connectivity index (χ1) is 19.7. The topological polar surface area (TPSA) is 47.6 Å². The summed E-state index contributed by atoms with van der Waals surface area (Å²) in [5.41, 5.74) is 8.93. The average molecular weight is 545 g/mol. The van der Waals surface area contributed by atoms with E-state index in [0.29, 0.717) is 11.1 Å². The van der Waals surface area contributed by atoms with E-state index in [1.165, 1.54) is 47.3 Å². The van der Waals surface area contributed by atoms with Gasteiger partial charge in [0.05, 0.1) is 23.3 Å². The molecule has 0 aliphatic carbocycles. The second-order valence-electron chi connectivity index (χ2n) is 9.60. The quantitative estimate of drug-likeness (QED) is 0.221. The Bertz CT molecular complexity index is 2000. The molecule has 2 heterocycles. The van der Waals surface area contributed by atoms with Gasteiger partial charge in [-0.25, -0.2) is 0 Å². The predicted molar refractivity (Wildman–Crippen MR) is 168 cm³/mol. The first kappa shape index (κ1) is 24.1. The van der Waals surface area contributed by atoms with E-state index in [1.54, 1.807) is 17.4 Å². The summed E-state index contributed by atoms with van der Waals surface area (Å²) in [7, 11) is 0. The molecule has 186 valence electrons. The van der Waals surface area contributed by atoms with Crippen molar-refractivity contribution in [2.75, 3.05) is 0 Å². The van der Waals surface area contributed by atoms with Crippen LogP contribution < -0.4 is 0 Å².